The van der Waals surface area contributed by atoms with Gasteiger partial charge in [0, 0.05) is 24.5 Å². The molecule has 0 fully saturated rings. The van der Waals surface area contributed by atoms with Crippen molar-refractivity contribution in [3.8, 4) is 5.75 Å². The third-order valence-corrected chi connectivity index (χ3v) is 2.85. The molecule has 1 heterocycles. The van der Waals surface area contributed by atoms with Crippen molar-refractivity contribution in [2.24, 2.45) is 0 Å². The van der Waals surface area contributed by atoms with Crippen molar-refractivity contribution in [1.82, 2.24) is 15.1 Å². The van der Waals surface area contributed by atoms with E-state index in [0.29, 0.717) is 6.54 Å². The van der Waals surface area contributed by atoms with Crippen LogP contribution in [0.5, 0.6) is 5.75 Å². The van der Waals surface area contributed by atoms with Crippen molar-refractivity contribution in [3.63, 3.8) is 0 Å². The summed E-state index contributed by atoms with van der Waals surface area (Å²) in [6.07, 6.45) is 3.38. The molecule has 1 atom stereocenters. The molecular weight excluding hydrogens is 276 g/mol. The zero-order valence-electron chi connectivity index (χ0n) is 11.3. The highest BCUT2D eigenvalue weighted by atomic mass is 16.6. The SMILES string of the molecule is CC(Cn1cccn1)NC(=O)c1cccc([N+](=O)[O-])c1O. The topological polar surface area (TPSA) is 110 Å². The Morgan fingerprint density at radius 2 is 2.29 bits per heavy atom. The Bertz CT molecular complexity index is 654. The van der Waals surface area contributed by atoms with Crippen LogP contribution >= 0.6 is 0 Å². The Balaban J connectivity index is 2.10. The molecule has 0 aliphatic carbocycles. The zero-order chi connectivity index (χ0) is 15.4. The normalized spacial score (nSPS) is 11.9. The second-order valence-electron chi connectivity index (χ2n) is 4.53. The maximum absolute atomic E-state index is 12.1. The monoisotopic (exact) mass is 290 g/mol. The van der Waals surface area contributed by atoms with Crippen LogP contribution in [-0.2, 0) is 6.54 Å². The number of phenols is 1. The summed E-state index contributed by atoms with van der Waals surface area (Å²) >= 11 is 0. The number of nitro benzene ring substituents is 1. The molecule has 1 unspecified atom stereocenters. The predicted octanol–water partition coefficient (Wildman–Crippen LogP) is 1.32. The number of nitrogens with zero attached hydrogens (tertiary/aromatic N) is 3. The summed E-state index contributed by atoms with van der Waals surface area (Å²) in [5, 5.41) is 27.2. The van der Waals surface area contributed by atoms with Crippen LogP contribution in [-0.4, -0.2) is 31.8 Å². The molecule has 0 bridgehead atoms. The first kappa shape index (κ1) is 14.5. The van der Waals surface area contributed by atoms with Gasteiger partial charge in [0.15, 0.2) is 0 Å². The van der Waals surface area contributed by atoms with E-state index in [1.54, 1.807) is 30.1 Å². The molecule has 0 spiro atoms. The minimum absolute atomic E-state index is 0.128. The molecule has 0 aliphatic rings. The van der Waals surface area contributed by atoms with Gasteiger partial charge in [-0.1, -0.05) is 6.07 Å². The van der Waals surface area contributed by atoms with Gasteiger partial charge in [-0.15, -0.1) is 0 Å². The number of carbonyl (C=O) groups excluding carboxylic acids is 1. The third-order valence-electron chi connectivity index (χ3n) is 2.85. The fourth-order valence-corrected chi connectivity index (χ4v) is 1.90. The highest BCUT2D eigenvalue weighted by Crippen LogP contribution is 2.29. The van der Waals surface area contributed by atoms with Crippen molar-refractivity contribution in [2.45, 2.75) is 19.5 Å². The predicted molar refractivity (Wildman–Crippen MR) is 73.9 cm³/mol. The maximum Gasteiger partial charge on any atom is 0.311 e. The molecule has 1 aromatic heterocycles. The van der Waals surface area contributed by atoms with E-state index in [1.165, 1.54) is 12.1 Å². The zero-order valence-corrected chi connectivity index (χ0v) is 11.3. The molecule has 1 aromatic carbocycles. The van der Waals surface area contributed by atoms with Crippen LogP contribution in [0.15, 0.2) is 36.7 Å². The van der Waals surface area contributed by atoms with E-state index in [4.69, 9.17) is 0 Å². The molecule has 0 radical (unpaired) electrons. The molecule has 0 saturated heterocycles. The van der Waals surface area contributed by atoms with Gasteiger partial charge in [0.2, 0.25) is 5.75 Å². The van der Waals surface area contributed by atoms with Crippen LogP contribution < -0.4 is 5.32 Å². The smallest absolute Gasteiger partial charge is 0.311 e. The Labute approximate surface area is 120 Å². The number of aromatic nitrogens is 2. The quantitative estimate of drug-likeness (QED) is 0.637. The van der Waals surface area contributed by atoms with Gasteiger partial charge in [-0.25, -0.2) is 0 Å². The van der Waals surface area contributed by atoms with Crippen molar-refractivity contribution in [1.29, 1.82) is 0 Å². The minimum atomic E-state index is -0.737. The highest BCUT2D eigenvalue weighted by molar-refractivity contribution is 5.98. The van der Waals surface area contributed by atoms with Gasteiger partial charge in [-0.05, 0) is 19.1 Å². The first-order valence-corrected chi connectivity index (χ1v) is 6.23. The number of nitro groups is 1. The average molecular weight is 290 g/mol. The molecule has 2 N–H and O–H groups in total. The number of amides is 1. The number of rotatable bonds is 5. The molecule has 2 rings (SSSR count). The van der Waals surface area contributed by atoms with E-state index >= 15 is 0 Å². The molecule has 8 heteroatoms. The first-order chi connectivity index (χ1) is 9.99. The fourth-order valence-electron chi connectivity index (χ4n) is 1.90. The summed E-state index contributed by atoms with van der Waals surface area (Å²) in [5.41, 5.74) is -0.626. The number of benzene rings is 1. The Morgan fingerprint density at radius 3 is 2.90 bits per heavy atom. The summed E-state index contributed by atoms with van der Waals surface area (Å²) in [4.78, 5) is 22.1. The molecule has 110 valence electrons. The van der Waals surface area contributed by atoms with E-state index in [-0.39, 0.29) is 11.6 Å². The number of hydrogen-bond donors (Lipinski definition) is 2. The minimum Gasteiger partial charge on any atom is -0.502 e. The van der Waals surface area contributed by atoms with E-state index < -0.39 is 22.3 Å². The summed E-state index contributed by atoms with van der Waals surface area (Å²) < 4.78 is 1.65. The van der Waals surface area contributed by atoms with Gasteiger partial charge in [-0.2, -0.15) is 5.10 Å². The second kappa shape index (κ2) is 6.04. The van der Waals surface area contributed by atoms with E-state index in [2.05, 4.69) is 10.4 Å². The average Bonchev–Trinajstić information content (AvgIpc) is 2.91. The molecule has 0 saturated carbocycles. The van der Waals surface area contributed by atoms with Gasteiger partial charge < -0.3 is 10.4 Å². The van der Waals surface area contributed by atoms with Crippen LogP contribution in [0.4, 0.5) is 5.69 Å². The largest absolute Gasteiger partial charge is 0.502 e. The summed E-state index contributed by atoms with van der Waals surface area (Å²) in [7, 11) is 0. The molecule has 1 amide bonds. The first-order valence-electron chi connectivity index (χ1n) is 6.23. The lowest BCUT2D eigenvalue weighted by molar-refractivity contribution is -0.385. The Morgan fingerprint density at radius 1 is 1.52 bits per heavy atom. The van der Waals surface area contributed by atoms with Crippen molar-refractivity contribution < 1.29 is 14.8 Å². The lowest BCUT2D eigenvalue weighted by Gasteiger charge is -2.14. The number of hydrogen-bond acceptors (Lipinski definition) is 5. The lowest BCUT2D eigenvalue weighted by Crippen LogP contribution is -2.35. The molecule has 21 heavy (non-hydrogen) atoms. The van der Waals surface area contributed by atoms with Gasteiger partial charge in [0.25, 0.3) is 5.91 Å². The Hall–Kier alpha value is -2.90. The van der Waals surface area contributed by atoms with Crippen molar-refractivity contribution >= 4 is 11.6 Å². The maximum atomic E-state index is 12.1. The van der Waals surface area contributed by atoms with Gasteiger partial charge in [0.05, 0.1) is 17.0 Å². The third kappa shape index (κ3) is 3.35. The molecule has 8 nitrogen and oxygen atoms in total. The van der Waals surface area contributed by atoms with Crippen LogP contribution in [0.3, 0.4) is 0 Å². The van der Waals surface area contributed by atoms with E-state index in [1.807, 2.05) is 0 Å². The standard InChI is InChI=1S/C13H14N4O4/c1-9(8-16-7-3-6-14-16)15-13(19)10-4-2-5-11(12(10)18)17(20)21/h2-7,9,18H,8H2,1H3,(H,15,19). The van der Waals surface area contributed by atoms with Gasteiger partial charge in [0.1, 0.15) is 0 Å². The lowest BCUT2D eigenvalue weighted by atomic mass is 10.1. The fraction of sp³-hybridized carbons (Fsp3) is 0.231. The Kier molecular flexibility index (Phi) is 4.17. The van der Waals surface area contributed by atoms with Crippen molar-refractivity contribution in [2.75, 3.05) is 0 Å². The van der Waals surface area contributed by atoms with Gasteiger partial charge in [-0.3, -0.25) is 19.6 Å². The molecule has 0 aliphatic heterocycles. The van der Waals surface area contributed by atoms with Crippen LogP contribution in [0.2, 0.25) is 0 Å². The molecule has 2 aromatic rings. The van der Waals surface area contributed by atoms with Crippen LogP contribution in [0.25, 0.3) is 0 Å². The van der Waals surface area contributed by atoms with Crippen molar-refractivity contribution in [3.05, 3.63) is 52.3 Å². The highest BCUT2D eigenvalue weighted by Gasteiger charge is 2.21. The molecular formula is C13H14N4O4. The summed E-state index contributed by atoms with van der Waals surface area (Å²) in [6.45, 7) is 2.22. The number of nitrogens with one attached hydrogen (secondary N) is 1. The second-order valence-corrected chi connectivity index (χ2v) is 4.53. The summed E-state index contributed by atoms with van der Waals surface area (Å²) in [6, 6.07) is 5.33. The summed E-state index contributed by atoms with van der Waals surface area (Å²) in [5.74, 6) is -1.21. The van der Waals surface area contributed by atoms with E-state index in [9.17, 15) is 20.0 Å². The van der Waals surface area contributed by atoms with Crippen LogP contribution in [0, 0.1) is 10.1 Å². The van der Waals surface area contributed by atoms with Gasteiger partial charge >= 0.3 is 5.69 Å². The van der Waals surface area contributed by atoms with Crippen LogP contribution in [0.1, 0.15) is 17.3 Å². The number of phenolic OH excluding ortho intramolecular Hbond substituents is 1. The van der Waals surface area contributed by atoms with E-state index in [0.717, 1.165) is 6.07 Å². The number of carbonyl (C=O) groups is 1. The number of aromatic hydroxyl groups is 1. The number of para-hydroxylation sites is 1.